The predicted octanol–water partition coefficient (Wildman–Crippen LogP) is 4.26. The predicted molar refractivity (Wildman–Crippen MR) is 83.9 cm³/mol. The first-order valence-electron chi connectivity index (χ1n) is 6.26. The van der Waals surface area contributed by atoms with Crippen LogP contribution in [0.15, 0.2) is 23.4 Å². The molecule has 1 aromatic heterocycles. The molecule has 0 fully saturated rings. The van der Waals surface area contributed by atoms with E-state index < -0.39 is 4.92 Å². The second-order valence-corrected chi connectivity index (χ2v) is 5.98. The van der Waals surface area contributed by atoms with Crippen molar-refractivity contribution in [3.63, 3.8) is 0 Å². The maximum atomic E-state index is 10.9. The van der Waals surface area contributed by atoms with Gasteiger partial charge in [-0.25, -0.2) is 9.97 Å². The van der Waals surface area contributed by atoms with E-state index >= 15 is 0 Å². The third kappa shape index (κ3) is 3.71. The number of nitro benzene ring substituents is 1. The molecule has 0 unspecified atom stereocenters. The number of nitrogens with zero attached hydrogens (tertiary/aromatic N) is 3. The van der Waals surface area contributed by atoms with Crippen LogP contribution in [0.5, 0.6) is 0 Å². The Morgan fingerprint density at radius 1 is 1.24 bits per heavy atom. The quantitative estimate of drug-likeness (QED) is 0.364. The summed E-state index contributed by atoms with van der Waals surface area (Å²) in [5.74, 6) is 0.556. The Kier molecular flexibility index (Phi) is 4.80. The van der Waals surface area contributed by atoms with E-state index in [1.54, 1.807) is 12.1 Å². The first kappa shape index (κ1) is 15.7. The average Bonchev–Trinajstić information content (AvgIpc) is 2.43. The van der Waals surface area contributed by atoms with Crippen LogP contribution in [0.25, 0.3) is 0 Å². The molecule has 0 aliphatic carbocycles. The molecule has 7 heteroatoms. The smallest absolute Gasteiger partial charge is 0.258 e. The molecule has 0 aliphatic rings. The van der Waals surface area contributed by atoms with Gasteiger partial charge >= 0.3 is 0 Å². The summed E-state index contributed by atoms with van der Waals surface area (Å²) in [5, 5.41) is 11.7. The van der Waals surface area contributed by atoms with Crippen LogP contribution in [0, 0.1) is 30.9 Å². The minimum absolute atomic E-state index is 0.0769. The van der Waals surface area contributed by atoms with Crippen molar-refractivity contribution in [1.29, 1.82) is 0 Å². The summed E-state index contributed by atoms with van der Waals surface area (Å²) in [6, 6.07) is 4.81. The van der Waals surface area contributed by atoms with Crippen LogP contribution in [0.3, 0.4) is 0 Å². The van der Waals surface area contributed by atoms with Crippen molar-refractivity contribution in [3.05, 3.63) is 55.9 Å². The van der Waals surface area contributed by atoms with E-state index in [0.29, 0.717) is 10.9 Å². The van der Waals surface area contributed by atoms with Gasteiger partial charge in [-0.3, -0.25) is 10.1 Å². The fourth-order valence-electron chi connectivity index (χ4n) is 1.74. The molecule has 0 N–H and O–H groups in total. The monoisotopic (exact) mass is 323 g/mol. The number of thioether (sulfide) groups is 1. The molecule has 0 saturated heterocycles. The summed E-state index contributed by atoms with van der Waals surface area (Å²) in [5.41, 5.74) is 3.73. The van der Waals surface area contributed by atoms with Crippen molar-refractivity contribution in [3.8, 4) is 0 Å². The van der Waals surface area contributed by atoms with E-state index in [-0.39, 0.29) is 10.7 Å². The number of aromatic nitrogens is 2. The molecule has 0 radical (unpaired) electrons. The van der Waals surface area contributed by atoms with Crippen LogP contribution < -0.4 is 0 Å². The number of hydrogen-bond donors (Lipinski definition) is 0. The number of nitro groups is 1. The van der Waals surface area contributed by atoms with Crippen molar-refractivity contribution in [2.24, 2.45) is 0 Å². The number of rotatable bonds is 4. The Morgan fingerprint density at radius 3 is 2.43 bits per heavy atom. The fourth-order valence-corrected chi connectivity index (χ4v) is 2.81. The molecule has 0 bridgehead atoms. The van der Waals surface area contributed by atoms with Gasteiger partial charge in [0.05, 0.1) is 4.92 Å². The van der Waals surface area contributed by atoms with E-state index in [1.165, 1.54) is 17.8 Å². The molecule has 2 aromatic rings. The first-order chi connectivity index (χ1) is 9.88. The normalized spacial score (nSPS) is 10.7. The molecule has 110 valence electrons. The van der Waals surface area contributed by atoms with Gasteiger partial charge in [0.2, 0.25) is 0 Å². The molecular weight excluding hydrogens is 310 g/mol. The van der Waals surface area contributed by atoms with E-state index in [2.05, 4.69) is 9.97 Å². The third-order valence-electron chi connectivity index (χ3n) is 3.19. The molecule has 21 heavy (non-hydrogen) atoms. The van der Waals surface area contributed by atoms with Gasteiger partial charge in [0.15, 0.2) is 5.16 Å². The minimum atomic E-state index is -0.479. The van der Waals surface area contributed by atoms with E-state index in [9.17, 15) is 10.1 Å². The molecule has 0 aliphatic heterocycles. The molecule has 1 aromatic carbocycles. The zero-order chi connectivity index (χ0) is 15.6. The number of benzene rings is 1. The van der Waals surface area contributed by atoms with Crippen molar-refractivity contribution >= 4 is 29.1 Å². The molecule has 2 rings (SSSR count). The largest absolute Gasteiger partial charge is 0.288 e. The van der Waals surface area contributed by atoms with Crippen molar-refractivity contribution in [2.45, 2.75) is 31.7 Å². The molecule has 0 spiro atoms. The SMILES string of the molecule is Cc1nc(SCc2ccc(Cl)c([N+](=O)[O-])c2)nc(C)c1C. The third-order valence-corrected chi connectivity index (χ3v) is 4.43. The standard InChI is InChI=1S/C14H14ClN3O2S/c1-8-9(2)16-14(17-10(8)3)21-7-11-4-5-12(15)13(6-11)18(19)20/h4-6H,7H2,1-3H3. The Morgan fingerprint density at radius 2 is 1.86 bits per heavy atom. The summed E-state index contributed by atoms with van der Waals surface area (Å²) in [4.78, 5) is 19.2. The second kappa shape index (κ2) is 6.41. The average molecular weight is 324 g/mol. The molecule has 5 nitrogen and oxygen atoms in total. The highest BCUT2D eigenvalue weighted by Crippen LogP contribution is 2.28. The molecule has 1 heterocycles. The van der Waals surface area contributed by atoms with Crippen LogP contribution >= 0.6 is 23.4 Å². The van der Waals surface area contributed by atoms with E-state index in [1.807, 2.05) is 20.8 Å². The summed E-state index contributed by atoms with van der Waals surface area (Å²) in [7, 11) is 0. The summed E-state index contributed by atoms with van der Waals surface area (Å²) in [6.45, 7) is 5.88. The number of halogens is 1. The lowest BCUT2D eigenvalue weighted by atomic mass is 10.2. The van der Waals surface area contributed by atoms with Crippen molar-refractivity contribution in [1.82, 2.24) is 9.97 Å². The maximum Gasteiger partial charge on any atom is 0.288 e. The highest BCUT2D eigenvalue weighted by atomic mass is 35.5. The Hall–Kier alpha value is -1.66. The van der Waals surface area contributed by atoms with E-state index in [0.717, 1.165) is 22.5 Å². The van der Waals surface area contributed by atoms with Gasteiger partial charge in [-0.05, 0) is 38.0 Å². The molecule has 0 atom stereocenters. The van der Waals surface area contributed by atoms with Gasteiger partial charge in [-0.15, -0.1) is 0 Å². The Bertz CT molecular complexity index is 684. The van der Waals surface area contributed by atoms with Crippen LogP contribution in [0.2, 0.25) is 5.02 Å². The minimum Gasteiger partial charge on any atom is -0.258 e. The summed E-state index contributed by atoms with van der Waals surface area (Å²) < 4.78 is 0. The van der Waals surface area contributed by atoms with E-state index in [4.69, 9.17) is 11.6 Å². The van der Waals surface area contributed by atoms with Crippen molar-refractivity contribution < 1.29 is 4.92 Å². The fraction of sp³-hybridized carbons (Fsp3) is 0.286. The lowest BCUT2D eigenvalue weighted by molar-refractivity contribution is -0.384. The van der Waals surface area contributed by atoms with Gasteiger partial charge in [0, 0.05) is 23.2 Å². The van der Waals surface area contributed by atoms with Gasteiger partial charge < -0.3 is 0 Å². The molecule has 0 amide bonds. The van der Waals surface area contributed by atoms with Gasteiger partial charge in [0.1, 0.15) is 5.02 Å². The highest BCUT2D eigenvalue weighted by Gasteiger charge is 2.13. The van der Waals surface area contributed by atoms with Crippen molar-refractivity contribution in [2.75, 3.05) is 0 Å². The zero-order valence-electron chi connectivity index (χ0n) is 11.9. The van der Waals surface area contributed by atoms with Crippen LogP contribution in [0.4, 0.5) is 5.69 Å². The first-order valence-corrected chi connectivity index (χ1v) is 7.62. The van der Waals surface area contributed by atoms with Gasteiger partial charge in [-0.1, -0.05) is 29.4 Å². The highest BCUT2D eigenvalue weighted by molar-refractivity contribution is 7.98. The number of hydrogen-bond acceptors (Lipinski definition) is 5. The number of aryl methyl sites for hydroxylation is 2. The van der Waals surface area contributed by atoms with Crippen LogP contribution in [-0.2, 0) is 5.75 Å². The Balaban J connectivity index is 2.17. The van der Waals surface area contributed by atoms with Crippen LogP contribution in [-0.4, -0.2) is 14.9 Å². The zero-order valence-corrected chi connectivity index (χ0v) is 13.5. The maximum absolute atomic E-state index is 10.9. The summed E-state index contributed by atoms with van der Waals surface area (Å²) >= 11 is 7.24. The van der Waals surface area contributed by atoms with Gasteiger partial charge in [-0.2, -0.15) is 0 Å². The molecular formula is C14H14ClN3O2S. The van der Waals surface area contributed by atoms with Gasteiger partial charge in [0.25, 0.3) is 5.69 Å². The summed E-state index contributed by atoms with van der Waals surface area (Å²) in [6.07, 6.45) is 0. The Labute approximate surface area is 131 Å². The lowest BCUT2D eigenvalue weighted by Gasteiger charge is -2.07. The van der Waals surface area contributed by atoms with Crippen LogP contribution in [0.1, 0.15) is 22.5 Å². The second-order valence-electron chi connectivity index (χ2n) is 4.63. The molecule has 0 saturated carbocycles. The topological polar surface area (TPSA) is 68.9 Å². The lowest BCUT2D eigenvalue weighted by Crippen LogP contribution is -1.98.